The summed E-state index contributed by atoms with van der Waals surface area (Å²) in [6.07, 6.45) is 3.24. The summed E-state index contributed by atoms with van der Waals surface area (Å²) in [5, 5.41) is 2.85. The van der Waals surface area contributed by atoms with Crippen LogP contribution in [0, 0.1) is 11.6 Å². The summed E-state index contributed by atoms with van der Waals surface area (Å²) in [7, 11) is 0. The quantitative estimate of drug-likeness (QED) is 0.688. The first-order chi connectivity index (χ1) is 11.0. The maximum Gasteiger partial charge on any atom is 0.221 e. The van der Waals surface area contributed by atoms with E-state index in [0.29, 0.717) is 19.5 Å². The second-order valence-corrected chi connectivity index (χ2v) is 6.64. The first-order valence-electron chi connectivity index (χ1n) is 7.86. The zero-order valence-corrected chi connectivity index (χ0v) is 15.8. The summed E-state index contributed by atoms with van der Waals surface area (Å²) in [5.41, 5.74) is 5.43. The van der Waals surface area contributed by atoms with Crippen LogP contribution in [0.3, 0.4) is 0 Å². The number of nitrogens with one attached hydrogen (secondary N) is 1. The van der Waals surface area contributed by atoms with Gasteiger partial charge in [0.2, 0.25) is 5.91 Å². The Morgan fingerprint density at radius 3 is 2.83 bits per heavy atom. The minimum atomic E-state index is -0.554. The van der Waals surface area contributed by atoms with Gasteiger partial charge in [0.1, 0.15) is 11.6 Å². The number of carbonyl (C=O) groups excluding carboxylic acids is 1. The lowest BCUT2D eigenvalue weighted by molar-refractivity contribution is -0.121. The Hall–Kier alpha value is -0.760. The van der Waals surface area contributed by atoms with Crippen molar-refractivity contribution in [2.24, 2.45) is 5.73 Å². The first kappa shape index (κ1) is 21.3. The number of halogens is 4. The maximum absolute atomic E-state index is 14.2. The molecule has 1 atom stereocenters. The fourth-order valence-corrected chi connectivity index (χ4v) is 3.24. The molecule has 4 nitrogen and oxygen atoms in total. The van der Waals surface area contributed by atoms with Crippen molar-refractivity contribution in [1.82, 2.24) is 10.2 Å². The summed E-state index contributed by atoms with van der Waals surface area (Å²) in [5.74, 6) is -1.18. The van der Waals surface area contributed by atoms with Crippen LogP contribution < -0.4 is 11.1 Å². The van der Waals surface area contributed by atoms with Gasteiger partial charge in [-0.15, -0.1) is 12.4 Å². The van der Waals surface area contributed by atoms with Crippen LogP contribution in [-0.4, -0.2) is 36.5 Å². The van der Waals surface area contributed by atoms with Gasteiger partial charge in [0.05, 0.1) is 4.47 Å². The molecular formula is C16H23BrClF2N3O. The molecule has 1 aliphatic rings. The molecule has 1 fully saturated rings. The zero-order chi connectivity index (χ0) is 16.8. The average molecular weight is 427 g/mol. The van der Waals surface area contributed by atoms with E-state index >= 15 is 0 Å². The molecule has 0 aliphatic carbocycles. The van der Waals surface area contributed by atoms with Crippen molar-refractivity contribution in [3.05, 3.63) is 33.8 Å². The Balaban J connectivity index is 0.00000288. The van der Waals surface area contributed by atoms with Crippen LogP contribution in [0.5, 0.6) is 0 Å². The largest absolute Gasteiger partial charge is 0.354 e. The molecule has 3 N–H and O–H groups in total. The topological polar surface area (TPSA) is 58.4 Å². The maximum atomic E-state index is 14.2. The number of nitrogens with zero attached hydrogens (tertiary/aromatic N) is 1. The molecule has 136 valence electrons. The van der Waals surface area contributed by atoms with Gasteiger partial charge >= 0.3 is 0 Å². The molecule has 1 aromatic carbocycles. The normalized spacial score (nSPS) is 18.1. The third-order valence-electron chi connectivity index (χ3n) is 4.16. The van der Waals surface area contributed by atoms with E-state index in [2.05, 4.69) is 21.2 Å². The Labute approximate surface area is 155 Å². The molecule has 0 bridgehead atoms. The molecule has 8 heteroatoms. The average Bonchev–Trinajstić information content (AvgIpc) is 2.54. The highest BCUT2D eigenvalue weighted by Crippen LogP contribution is 2.26. The van der Waals surface area contributed by atoms with Crippen molar-refractivity contribution in [3.63, 3.8) is 0 Å². The Morgan fingerprint density at radius 1 is 1.38 bits per heavy atom. The lowest BCUT2D eigenvalue weighted by atomic mass is 10.0. The van der Waals surface area contributed by atoms with Crippen molar-refractivity contribution in [2.75, 3.05) is 19.6 Å². The van der Waals surface area contributed by atoms with E-state index in [1.54, 1.807) is 0 Å². The number of hydrogen-bond acceptors (Lipinski definition) is 3. The Morgan fingerprint density at radius 2 is 2.12 bits per heavy atom. The molecule has 1 unspecified atom stereocenters. The number of amides is 1. The van der Waals surface area contributed by atoms with E-state index in [0.717, 1.165) is 25.8 Å². The number of likely N-dealkylation sites (tertiary alicyclic amines) is 1. The number of nitrogens with two attached hydrogens (primary N) is 1. The molecule has 2 rings (SSSR count). The van der Waals surface area contributed by atoms with Crippen LogP contribution >= 0.6 is 28.3 Å². The minimum Gasteiger partial charge on any atom is -0.354 e. The summed E-state index contributed by atoms with van der Waals surface area (Å²) >= 11 is 3.10. The van der Waals surface area contributed by atoms with Crippen LogP contribution in [0.15, 0.2) is 16.6 Å². The molecule has 0 radical (unpaired) electrons. The summed E-state index contributed by atoms with van der Waals surface area (Å²) in [6, 6.07) is 2.72. The van der Waals surface area contributed by atoms with Gasteiger partial charge in [0, 0.05) is 37.7 Å². The van der Waals surface area contributed by atoms with Gasteiger partial charge in [0.15, 0.2) is 0 Å². The summed E-state index contributed by atoms with van der Waals surface area (Å²) in [4.78, 5) is 13.6. The van der Waals surface area contributed by atoms with Crippen molar-refractivity contribution >= 4 is 34.2 Å². The third-order valence-corrected chi connectivity index (χ3v) is 4.77. The predicted molar refractivity (Wildman–Crippen MR) is 96.0 cm³/mol. The van der Waals surface area contributed by atoms with E-state index in [9.17, 15) is 13.6 Å². The monoisotopic (exact) mass is 425 g/mol. The van der Waals surface area contributed by atoms with Gasteiger partial charge in [-0.2, -0.15) is 0 Å². The molecule has 0 spiro atoms. The number of piperidine rings is 1. The van der Waals surface area contributed by atoms with Crippen LogP contribution in [0.4, 0.5) is 8.78 Å². The van der Waals surface area contributed by atoms with E-state index in [1.807, 2.05) is 4.90 Å². The van der Waals surface area contributed by atoms with Crippen LogP contribution in [-0.2, 0) is 11.3 Å². The molecule has 1 saturated heterocycles. The number of rotatable bonds is 6. The lowest BCUT2D eigenvalue weighted by Gasteiger charge is -2.36. The van der Waals surface area contributed by atoms with E-state index in [4.69, 9.17) is 5.73 Å². The van der Waals surface area contributed by atoms with Crippen molar-refractivity contribution in [2.45, 2.75) is 38.3 Å². The highest BCUT2D eigenvalue weighted by Gasteiger charge is 2.25. The second kappa shape index (κ2) is 10.3. The molecular weight excluding hydrogens is 404 g/mol. The smallest absolute Gasteiger partial charge is 0.221 e. The number of benzene rings is 1. The second-order valence-electron chi connectivity index (χ2n) is 5.78. The molecule has 1 aromatic rings. The first-order valence-corrected chi connectivity index (χ1v) is 8.65. The molecule has 0 saturated carbocycles. The highest BCUT2D eigenvalue weighted by atomic mass is 79.9. The fraction of sp³-hybridized carbons (Fsp3) is 0.562. The van der Waals surface area contributed by atoms with E-state index in [1.165, 1.54) is 12.1 Å². The Kier molecular flexibility index (Phi) is 9.12. The van der Waals surface area contributed by atoms with Gasteiger partial charge in [-0.1, -0.05) is 6.42 Å². The summed E-state index contributed by atoms with van der Waals surface area (Å²) in [6.45, 7) is 1.77. The molecule has 1 aliphatic heterocycles. The van der Waals surface area contributed by atoms with Crippen LogP contribution in [0.1, 0.15) is 31.2 Å². The zero-order valence-electron chi connectivity index (χ0n) is 13.4. The highest BCUT2D eigenvalue weighted by molar-refractivity contribution is 9.10. The van der Waals surface area contributed by atoms with Crippen molar-refractivity contribution in [3.8, 4) is 0 Å². The molecule has 1 amide bonds. The van der Waals surface area contributed by atoms with Gasteiger partial charge in [-0.25, -0.2) is 8.78 Å². The van der Waals surface area contributed by atoms with Crippen molar-refractivity contribution < 1.29 is 13.6 Å². The standard InChI is InChI=1S/C16H22BrF2N3O.ClH/c17-13-4-5-14(18)12(16(13)19)10-22-8-2-1-3-11(22)9-21-15(23)6-7-20;/h4-5,11H,1-3,6-10,20H2,(H,21,23);1H. The van der Waals surface area contributed by atoms with Gasteiger partial charge < -0.3 is 11.1 Å². The van der Waals surface area contributed by atoms with Gasteiger partial charge in [0.25, 0.3) is 0 Å². The van der Waals surface area contributed by atoms with Crippen molar-refractivity contribution in [1.29, 1.82) is 0 Å². The van der Waals surface area contributed by atoms with E-state index < -0.39 is 11.6 Å². The van der Waals surface area contributed by atoms with Crippen LogP contribution in [0.2, 0.25) is 0 Å². The Bertz CT molecular complexity index is 562. The fourth-order valence-electron chi connectivity index (χ4n) is 2.87. The van der Waals surface area contributed by atoms with E-state index in [-0.39, 0.29) is 40.9 Å². The minimum absolute atomic E-state index is 0. The number of hydrogen-bond donors (Lipinski definition) is 2. The summed E-state index contributed by atoms with van der Waals surface area (Å²) < 4.78 is 28.4. The van der Waals surface area contributed by atoms with Gasteiger partial charge in [-0.05, 0) is 47.4 Å². The molecule has 0 aromatic heterocycles. The molecule has 1 heterocycles. The predicted octanol–water partition coefficient (Wildman–Crippen LogP) is 2.97. The lowest BCUT2D eigenvalue weighted by Crippen LogP contribution is -2.46. The molecule has 24 heavy (non-hydrogen) atoms. The SMILES string of the molecule is Cl.NCCC(=O)NCC1CCCCN1Cc1c(F)ccc(Br)c1F. The number of carbonyl (C=O) groups is 1. The third kappa shape index (κ3) is 5.65. The van der Waals surface area contributed by atoms with Gasteiger partial charge in [-0.3, -0.25) is 9.69 Å². The van der Waals surface area contributed by atoms with Crippen LogP contribution in [0.25, 0.3) is 0 Å².